The smallest absolute Gasteiger partial charge is 0.190 e. The third-order valence-electron chi connectivity index (χ3n) is 20.7. The number of hydrogen-bond acceptors (Lipinski definition) is 14. The summed E-state index contributed by atoms with van der Waals surface area (Å²) in [5, 5.41) is 26.7. The summed E-state index contributed by atoms with van der Waals surface area (Å²) in [7, 11) is 11.6. The Kier molecular flexibility index (Phi) is 46.6. The van der Waals surface area contributed by atoms with Crippen molar-refractivity contribution in [2.75, 3.05) is 0 Å². The Bertz CT molecular complexity index is 6420. The Labute approximate surface area is 882 Å². The van der Waals surface area contributed by atoms with Crippen molar-refractivity contribution in [1.82, 2.24) is 108 Å². The van der Waals surface area contributed by atoms with Crippen LogP contribution in [0.3, 0.4) is 0 Å². The maximum Gasteiger partial charge on any atom is 0.190 e. The van der Waals surface area contributed by atoms with E-state index in [0.717, 1.165) is 208 Å². The number of aromatic amines is 1. The van der Waals surface area contributed by atoms with Crippen molar-refractivity contribution >= 4 is 0 Å². The van der Waals surface area contributed by atoms with Crippen molar-refractivity contribution < 1.29 is 105 Å². The van der Waals surface area contributed by atoms with Gasteiger partial charge in [-0.05, 0) is 82.9 Å². The van der Waals surface area contributed by atoms with Crippen LogP contribution >= 0.6 is 0 Å². The first-order valence-corrected chi connectivity index (χ1v) is 45.1. The van der Waals surface area contributed by atoms with Crippen LogP contribution in [-0.2, 0) is 181 Å². The van der Waals surface area contributed by atoms with Gasteiger partial charge in [-0.25, -0.2) is 5.10 Å². The zero-order valence-corrected chi connectivity index (χ0v) is 93.7. The summed E-state index contributed by atoms with van der Waals surface area (Å²) >= 11 is 0. The van der Waals surface area contributed by atoms with E-state index >= 15 is 0 Å². The third-order valence-corrected chi connectivity index (χ3v) is 20.7. The molecule has 22 nitrogen and oxygen atoms in total. The van der Waals surface area contributed by atoms with Gasteiger partial charge in [-0.15, -0.1) is 285 Å². The average Bonchev–Trinajstić information content (AvgIpc) is 1.60. The molecule has 8 aromatic heterocycles. The molecular weight excluding hydrogens is 2590 g/mol. The van der Waals surface area contributed by atoms with Crippen molar-refractivity contribution in [2.45, 2.75) is 174 Å². The molecule has 18 aromatic rings. The largest absolute Gasteiger partial charge is 0.373 e. The molecule has 0 fully saturated rings. The monoisotopic (exact) mass is 2720 g/mol. The quantitative estimate of drug-likeness (QED) is 0.0622. The van der Waals surface area contributed by atoms with Crippen LogP contribution in [0.2, 0.25) is 1.41 Å². The second-order valence-electron chi connectivity index (χ2n) is 32.4. The number of aromatic nitrogens is 22. The van der Waals surface area contributed by atoms with Crippen molar-refractivity contribution in [2.24, 2.45) is 42.3 Å². The third kappa shape index (κ3) is 33.8. The molecule has 0 saturated heterocycles. The van der Waals surface area contributed by atoms with Gasteiger partial charge in [0.25, 0.3) is 0 Å². The van der Waals surface area contributed by atoms with E-state index in [9.17, 15) is 0 Å². The van der Waals surface area contributed by atoms with Crippen LogP contribution in [0.1, 0.15) is 162 Å². The molecule has 0 aliphatic rings. The fourth-order valence-corrected chi connectivity index (χ4v) is 14.6. The molecular formula is C110H122Ir5N22-8. The summed E-state index contributed by atoms with van der Waals surface area (Å²) < 4.78 is 35.5. The van der Waals surface area contributed by atoms with E-state index in [1.807, 2.05) is 155 Å². The minimum absolute atomic E-state index is 0. The molecule has 0 atom stereocenters. The maximum absolute atomic E-state index is 7.57. The summed E-state index contributed by atoms with van der Waals surface area (Å²) in [6.45, 7) is 29.5. The van der Waals surface area contributed by atoms with Crippen LogP contribution < -0.4 is 0 Å². The number of benzene rings is 10. The van der Waals surface area contributed by atoms with Gasteiger partial charge < -0.3 is 9.13 Å². The van der Waals surface area contributed by atoms with E-state index in [1.54, 1.807) is 45.8 Å². The average molecular weight is 2720 g/mol. The molecule has 1 N–H and O–H groups in total. The number of rotatable bonds is 22. The van der Waals surface area contributed by atoms with Crippen molar-refractivity contribution in [3.63, 3.8) is 0 Å². The molecule has 137 heavy (non-hydrogen) atoms. The number of hydrogen-bond donors (Lipinski definition) is 1. The summed E-state index contributed by atoms with van der Waals surface area (Å²) in [6, 6.07) is 87.7. The number of imidazole rings is 2. The fourth-order valence-electron chi connectivity index (χ4n) is 14.6. The van der Waals surface area contributed by atoms with Crippen LogP contribution in [0.25, 0.3) is 108 Å². The minimum Gasteiger partial charge on any atom is -0.373 e. The Morgan fingerprint density at radius 3 is 1.05 bits per heavy atom. The molecule has 725 valence electrons. The molecule has 10 aromatic carbocycles. The zero-order valence-electron chi connectivity index (χ0n) is 84.7. The van der Waals surface area contributed by atoms with E-state index in [2.05, 4.69) is 297 Å². The standard InChI is InChI=1S/C20H22N3.C18H17N2.2C13H16N3.C13H15N2.2C12H14N3.C9H8N3.5Ir/c1-5-7-19-21-20(23(4)22-19)17-9-6-8-16(13-17)18-11-14(2)10-15(3)12-18;1-13-6-4-9-16(12-13)18-19-10-11-20(18)17-14(2)7-5-8-15(17)3;2*1-4-6-12-14-13(16(3)15-12)11-8-5-7-10(2)9-11;1-3-7-12-10-15(2)13(14-12)11-8-5-4-6-9-11;2*1-3-7-11-13-12(15(2)14-11)10-8-5-4-6-9-10;1-7-3-2-4-8(5-7)9-10-6-11-12-9;;;;;/h6,8,10-13H,5,7H2,1-4H3;4-8,10-12H,1-3H3;2*5,7,9H,4,6H2,1-3H3;4-6,8,10H,3,7H2,1-2H3;2*4-6,8H,3,7H2,1-2H3;2-3,5-6H,1H3,(H,10,11,12);;;;;/q8*-1;;;;;/i;;;;;2*5D;;;;;;/hD. The van der Waals surface area contributed by atoms with Crippen LogP contribution in [0, 0.1) is 104 Å². The molecule has 0 aliphatic heterocycles. The predicted molar refractivity (Wildman–Crippen MR) is 530 cm³/mol. The fraction of sp³-hybridized carbons (Fsp3) is 0.291. The van der Waals surface area contributed by atoms with E-state index in [0.29, 0.717) is 17.9 Å². The van der Waals surface area contributed by atoms with Gasteiger partial charge >= 0.3 is 0 Å². The van der Waals surface area contributed by atoms with E-state index < -0.39 is 0 Å². The normalized spacial score (nSPS) is 10.6. The summed E-state index contributed by atoms with van der Waals surface area (Å²) in [6.07, 6.45) is 19.3. The zero-order chi connectivity index (χ0) is 96.6. The molecule has 27 heteroatoms. The van der Waals surface area contributed by atoms with Crippen molar-refractivity contribution in [3.8, 4) is 108 Å². The topological polar surface area (TPSA) is 231 Å². The second kappa shape index (κ2) is 58.4. The minimum atomic E-state index is 0. The van der Waals surface area contributed by atoms with Gasteiger partial charge in [0.05, 0.1) is 52.9 Å². The van der Waals surface area contributed by atoms with Gasteiger partial charge in [0.15, 0.2) is 1.41 Å². The molecule has 0 unspecified atom stereocenters. The Morgan fingerprint density at radius 2 is 0.679 bits per heavy atom. The SMILES string of the molecule is CCCc1cn(C)c(-c2[c-]cccc2)n1.CCCc1nc(-c2[c-]ccc(-c3cc(C)cc(C)c3)c2)n(C)n1.CCCc1nc(-c2[c-]ccc(C)c2)n(C)n1.CCCc1nc(-c2[c-]ccc(C)c2)n(C)n1.Cc1cc[c-]c(-c2nccn2-c2c(C)cccc2C)c1.[2H]c1cc[c-]c(-c2nc(CCC)nn2C)c1.[2H]c1cc[c-]c(-c2nc(CCC)nn2C)c1.[2H]n1cnc(-c2[c-]ccc(C)c2)n1.[Ir].[Ir].[Ir].[Ir].[Ir]. The molecule has 8 heterocycles. The molecule has 0 amide bonds. The number of H-pyrrole nitrogens is 1. The summed E-state index contributed by atoms with van der Waals surface area (Å²) in [4.78, 5) is 35.7. The van der Waals surface area contributed by atoms with E-state index in [1.165, 1.54) is 62.1 Å². The van der Waals surface area contributed by atoms with Crippen LogP contribution in [0.5, 0.6) is 0 Å². The van der Waals surface area contributed by atoms with E-state index in [-0.39, 0.29) is 101 Å². The van der Waals surface area contributed by atoms with Crippen molar-refractivity contribution in [1.29, 1.82) is 0 Å². The van der Waals surface area contributed by atoms with Gasteiger partial charge in [-0.1, -0.05) is 123 Å². The van der Waals surface area contributed by atoms with Crippen LogP contribution in [-0.4, -0.2) is 108 Å². The number of para-hydroxylation sites is 1. The predicted octanol–water partition coefficient (Wildman–Crippen LogP) is 22.7. The summed E-state index contributed by atoms with van der Waals surface area (Å²) in [5.41, 5.74) is 22.2. The Morgan fingerprint density at radius 1 is 0.321 bits per heavy atom. The summed E-state index contributed by atoms with van der Waals surface area (Å²) in [5.74, 6) is 11.1. The number of aryl methyl sites for hydroxylation is 20. The number of nitrogens with zero attached hydrogens (tertiary/aromatic N) is 21. The van der Waals surface area contributed by atoms with Gasteiger partial charge in [0.1, 0.15) is 29.1 Å². The molecule has 5 radical (unpaired) electrons. The van der Waals surface area contributed by atoms with Gasteiger partial charge in [-0.2, -0.15) is 25.5 Å². The van der Waals surface area contributed by atoms with Gasteiger partial charge in [0.2, 0.25) is 0 Å². The Balaban J connectivity index is 0.000000245. The molecule has 18 rings (SSSR count). The van der Waals surface area contributed by atoms with Crippen LogP contribution in [0.15, 0.2) is 225 Å². The number of nitrogens with one attached hydrogen (secondary N) is 1. The first kappa shape index (κ1) is 109. The molecule has 0 spiro atoms. The second-order valence-corrected chi connectivity index (χ2v) is 32.4. The maximum atomic E-state index is 7.57. The van der Waals surface area contributed by atoms with Crippen molar-refractivity contribution in [3.05, 3.63) is 353 Å². The molecule has 0 saturated carbocycles. The van der Waals surface area contributed by atoms with E-state index in [4.69, 9.17) is 4.15 Å². The van der Waals surface area contributed by atoms with Gasteiger partial charge in [0, 0.05) is 208 Å². The molecule has 0 aliphatic carbocycles. The van der Waals surface area contributed by atoms with Crippen LogP contribution in [0.4, 0.5) is 0 Å². The molecule has 0 bridgehead atoms. The Hall–Kier alpha value is -11.3. The van der Waals surface area contributed by atoms with Gasteiger partial charge in [-0.3, -0.25) is 68.4 Å². The first-order valence-electron chi connectivity index (χ1n) is 46.6. The first-order chi connectivity index (χ1) is 65.1.